The summed E-state index contributed by atoms with van der Waals surface area (Å²) in [5, 5.41) is 5.76. The molecule has 7 aliphatic rings. The summed E-state index contributed by atoms with van der Waals surface area (Å²) >= 11 is 0. The average Bonchev–Trinajstić information content (AvgIpc) is 3.67. The van der Waals surface area contributed by atoms with Crippen molar-refractivity contribution in [2.24, 2.45) is 0 Å². The molecule has 0 aromatic heterocycles. The second kappa shape index (κ2) is 12.5. The Labute approximate surface area is 380 Å². The average molecular weight is 846 g/mol. The van der Waals surface area contributed by atoms with Crippen LogP contribution in [0.4, 0.5) is 39.8 Å². The molecular weight excluding hydrogens is 790 g/mol. The molecule has 5 heteroatoms. The van der Waals surface area contributed by atoms with E-state index in [1.807, 2.05) is 0 Å². The molecule has 0 radical (unpaired) electrons. The first-order chi connectivity index (χ1) is 31.1. The van der Waals surface area contributed by atoms with Gasteiger partial charge < -0.3 is 14.7 Å². The summed E-state index contributed by atoms with van der Waals surface area (Å²) in [4.78, 5) is 8.57. The van der Waals surface area contributed by atoms with Crippen LogP contribution in [0.2, 0.25) is 0 Å². The van der Waals surface area contributed by atoms with Gasteiger partial charge in [-0.25, -0.2) is 0 Å². The normalized spacial score (nSPS) is 26.9. The smallest absolute Gasteiger partial charge is 0.252 e. The Morgan fingerprint density at radius 1 is 0.469 bits per heavy atom. The van der Waals surface area contributed by atoms with Gasteiger partial charge >= 0.3 is 0 Å². The second-order valence-electron chi connectivity index (χ2n) is 21.5. The lowest BCUT2D eigenvalue weighted by Crippen LogP contribution is -2.77. The van der Waals surface area contributed by atoms with Gasteiger partial charge in [0.15, 0.2) is 8.07 Å². The fourth-order valence-electron chi connectivity index (χ4n) is 15.6. The van der Waals surface area contributed by atoms with Crippen LogP contribution < -0.4 is 51.8 Å². The van der Waals surface area contributed by atoms with Crippen molar-refractivity contribution in [3.63, 3.8) is 0 Å². The molecule has 7 aromatic carbocycles. The van der Waals surface area contributed by atoms with E-state index < -0.39 is 8.07 Å². The van der Waals surface area contributed by atoms with Crippen molar-refractivity contribution < 1.29 is 0 Å². The topological polar surface area (TPSA) is 9.72 Å². The molecule has 4 unspecified atom stereocenters. The Morgan fingerprint density at radius 2 is 0.969 bits per heavy atom. The Kier molecular flexibility index (Phi) is 7.35. The molecular formula is C59H56BN3Si. The molecule has 7 aromatic rings. The summed E-state index contributed by atoms with van der Waals surface area (Å²) in [6.45, 7) is 13.1. The van der Waals surface area contributed by atoms with Crippen LogP contribution in [0, 0.1) is 6.92 Å². The SMILES string of the molecule is Cc1cc2c3c(c1)C1(C)CCCCC1(C)N3c1cc(N3c4ccccc4[Si](c4ccccc4)(c4ccccc4)c4ccccc43)cc3c1B2c1cccc2c1N3C1(C)CCCCC21C. The third kappa shape index (κ3) is 4.19. The molecule has 4 atom stereocenters. The van der Waals surface area contributed by atoms with Crippen LogP contribution in [-0.4, -0.2) is 25.9 Å². The first-order valence-electron chi connectivity index (χ1n) is 24.3. The molecule has 2 fully saturated rings. The molecule has 0 saturated heterocycles. The van der Waals surface area contributed by atoms with Crippen molar-refractivity contribution in [3.8, 4) is 0 Å². The van der Waals surface area contributed by atoms with Crippen molar-refractivity contribution in [2.45, 2.75) is 108 Å². The summed E-state index contributed by atoms with van der Waals surface area (Å²) in [5.41, 5.74) is 18.9. The van der Waals surface area contributed by atoms with Gasteiger partial charge in [-0.05, 0) is 119 Å². The Bertz CT molecular complexity index is 3040. The Balaban J connectivity index is 1.11. The molecule has 5 heterocycles. The van der Waals surface area contributed by atoms with E-state index in [1.165, 1.54) is 134 Å². The molecule has 314 valence electrons. The van der Waals surface area contributed by atoms with Gasteiger partial charge in [-0.2, -0.15) is 0 Å². The van der Waals surface area contributed by atoms with Crippen LogP contribution in [0.15, 0.2) is 152 Å². The lowest BCUT2D eigenvalue weighted by Gasteiger charge is -2.55. The zero-order chi connectivity index (χ0) is 43.0. The lowest BCUT2D eigenvalue weighted by atomic mass is 9.33. The first kappa shape index (κ1) is 37.6. The highest BCUT2D eigenvalue weighted by Gasteiger charge is 2.65. The molecule has 14 rings (SSSR count). The summed E-state index contributed by atoms with van der Waals surface area (Å²) < 4.78 is 0. The minimum Gasteiger partial charge on any atom is -0.335 e. The number of hydrogen-bond acceptors (Lipinski definition) is 3. The Morgan fingerprint density at radius 3 is 1.55 bits per heavy atom. The molecule has 2 saturated carbocycles. The van der Waals surface area contributed by atoms with Gasteiger partial charge in [0.2, 0.25) is 0 Å². The predicted molar refractivity (Wildman–Crippen MR) is 273 cm³/mol. The molecule has 0 N–H and O–H groups in total. The van der Waals surface area contributed by atoms with Crippen LogP contribution in [0.25, 0.3) is 0 Å². The van der Waals surface area contributed by atoms with Gasteiger partial charge in [-0.1, -0.05) is 172 Å². The fraction of sp³-hybridized carbons (Fsp3) is 0.288. The van der Waals surface area contributed by atoms with Gasteiger partial charge in [0, 0.05) is 45.0 Å². The molecule has 0 amide bonds. The van der Waals surface area contributed by atoms with Crippen LogP contribution in [-0.2, 0) is 10.8 Å². The van der Waals surface area contributed by atoms with E-state index in [4.69, 9.17) is 0 Å². The van der Waals surface area contributed by atoms with E-state index in [0.29, 0.717) is 0 Å². The monoisotopic (exact) mass is 845 g/mol. The van der Waals surface area contributed by atoms with Gasteiger partial charge in [-0.3, -0.25) is 0 Å². The third-order valence-corrected chi connectivity index (χ3v) is 23.7. The van der Waals surface area contributed by atoms with Crippen LogP contribution in [0.1, 0.15) is 95.8 Å². The second-order valence-corrected chi connectivity index (χ2v) is 25.2. The predicted octanol–water partition coefficient (Wildman–Crippen LogP) is 9.78. The summed E-state index contributed by atoms with van der Waals surface area (Å²) in [6, 6.07) is 59.9. The largest absolute Gasteiger partial charge is 0.335 e. The van der Waals surface area contributed by atoms with Gasteiger partial charge in [0.25, 0.3) is 6.71 Å². The van der Waals surface area contributed by atoms with Gasteiger partial charge in [0.1, 0.15) is 0 Å². The minimum atomic E-state index is -2.78. The number of anilines is 7. The highest BCUT2D eigenvalue weighted by Crippen LogP contribution is 2.65. The molecule has 0 spiro atoms. The highest BCUT2D eigenvalue weighted by atomic mass is 28.3. The first-order valence-corrected chi connectivity index (χ1v) is 26.3. The van der Waals surface area contributed by atoms with Gasteiger partial charge in [0.05, 0.1) is 16.8 Å². The highest BCUT2D eigenvalue weighted by molar-refractivity contribution is 7.21. The van der Waals surface area contributed by atoms with Crippen molar-refractivity contribution in [1.82, 2.24) is 0 Å². The number of benzene rings is 7. The van der Waals surface area contributed by atoms with Crippen LogP contribution >= 0.6 is 0 Å². The van der Waals surface area contributed by atoms with Crippen LogP contribution in [0.5, 0.6) is 0 Å². The van der Waals surface area contributed by atoms with Crippen molar-refractivity contribution in [2.75, 3.05) is 14.7 Å². The van der Waals surface area contributed by atoms with Crippen molar-refractivity contribution >= 4 is 91.7 Å². The molecule has 0 bridgehead atoms. The molecule has 5 aliphatic heterocycles. The maximum atomic E-state index is 2.94. The van der Waals surface area contributed by atoms with E-state index in [-0.39, 0.29) is 28.6 Å². The number of aryl methyl sites for hydroxylation is 1. The van der Waals surface area contributed by atoms with Crippen LogP contribution in [0.3, 0.4) is 0 Å². The third-order valence-electron chi connectivity index (χ3n) is 18.8. The molecule has 3 nitrogen and oxygen atoms in total. The minimum absolute atomic E-state index is 0.0479. The van der Waals surface area contributed by atoms with E-state index >= 15 is 0 Å². The Hall–Kier alpha value is -5.78. The fourth-order valence-corrected chi connectivity index (χ4v) is 20.7. The van der Waals surface area contributed by atoms with Crippen molar-refractivity contribution in [1.29, 1.82) is 0 Å². The zero-order valence-electron chi connectivity index (χ0n) is 38.0. The van der Waals surface area contributed by atoms with Crippen molar-refractivity contribution in [3.05, 3.63) is 168 Å². The standard InChI is InChI=1S/C59H56BN3Si/c1-39-35-44-55-46(36-39)60-45-26-20-25-43-54(45)62(58(4)33-18-16-31-56(43,58)2)49-37-40(38-50(53(49)60)63(55)59(5)34-19-17-32-57(44,59)3)61-47-27-12-14-29-51(47)64(41-21-8-6-9-22-41,42-23-10-7-11-24-42)52-30-15-13-28-48(52)61/h6-15,20-30,35-38H,16-19,31-34H2,1-5H3. The maximum absolute atomic E-state index is 2.94. The van der Waals surface area contributed by atoms with E-state index in [2.05, 4.69) is 201 Å². The number of nitrogens with zero attached hydrogens (tertiary/aromatic N) is 3. The number of fused-ring (bicyclic) bond motifs is 12. The summed E-state index contributed by atoms with van der Waals surface area (Å²) in [6.07, 6.45) is 9.95. The maximum Gasteiger partial charge on any atom is 0.252 e. The zero-order valence-corrected chi connectivity index (χ0v) is 39.0. The summed E-state index contributed by atoms with van der Waals surface area (Å²) in [7, 11) is -2.78. The number of hydrogen-bond donors (Lipinski definition) is 0. The van der Waals surface area contributed by atoms with E-state index in [9.17, 15) is 0 Å². The quantitative estimate of drug-likeness (QED) is 0.164. The molecule has 64 heavy (non-hydrogen) atoms. The lowest BCUT2D eigenvalue weighted by molar-refractivity contribution is 0.194. The summed E-state index contributed by atoms with van der Waals surface area (Å²) in [5.74, 6) is 0. The number of para-hydroxylation sites is 3. The van der Waals surface area contributed by atoms with E-state index in [1.54, 1.807) is 11.1 Å². The number of rotatable bonds is 3. The van der Waals surface area contributed by atoms with Gasteiger partial charge in [-0.15, -0.1) is 0 Å². The van der Waals surface area contributed by atoms with E-state index in [0.717, 1.165) is 0 Å². The molecule has 2 aliphatic carbocycles.